The number of aromatic amines is 1. The first kappa shape index (κ1) is 16.3. The Morgan fingerprint density at radius 3 is 2.83 bits per heavy atom. The van der Waals surface area contributed by atoms with Crippen LogP contribution in [0.5, 0.6) is 0 Å². The molecule has 4 N–H and O–H groups in total. The van der Waals surface area contributed by atoms with Crippen LogP contribution in [0.2, 0.25) is 0 Å². The fraction of sp³-hybridized carbons (Fsp3) is 0.0667. The van der Waals surface area contributed by atoms with E-state index in [9.17, 15) is 18.7 Å². The molecule has 0 fully saturated rings. The first-order chi connectivity index (χ1) is 11.4. The molecular weight excluding hydrogens is 388 g/mol. The van der Waals surface area contributed by atoms with E-state index < -0.39 is 35.1 Å². The zero-order chi connectivity index (χ0) is 17.4. The summed E-state index contributed by atoms with van der Waals surface area (Å²) in [7, 11) is 0. The Hall–Kier alpha value is -2.52. The lowest BCUT2D eigenvalue weighted by Crippen LogP contribution is -2.13. The Labute approximate surface area is 142 Å². The number of nitrogens with one attached hydrogen (secondary N) is 2. The molecule has 1 amide bonds. The SMILES string of the molecule is O=C(O)Nc1ccc(F)c(C(O)c2c[nH]c3ncc(Br)cc23)c1F. The average molecular weight is 398 g/mol. The van der Waals surface area contributed by atoms with E-state index >= 15 is 0 Å². The predicted molar refractivity (Wildman–Crippen MR) is 85.9 cm³/mol. The topological polar surface area (TPSA) is 98.2 Å². The van der Waals surface area contributed by atoms with E-state index in [1.165, 1.54) is 12.4 Å². The molecule has 1 aromatic carbocycles. The highest BCUT2D eigenvalue weighted by Crippen LogP contribution is 2.34. The standard InChI is InChI=1S/C15H10BrF2N3O3/c16-6-3-7-8(5-20-14(7)19-4-6)13(22)11-9(17)1-2-10(12(11)18)21-15(23)24/h1-5,13,21-22H,(H,19,20)(H,23,24). The minimum atomic E-state index is -1.65. The smallest absolute Gasteiger partial charge is 0.409 e. The summed E-state index contributed by atoms with van der Waals surface area (Å²) in [5.74, 6) is -2.17. The number of anilines is 1. The van der Waals surface area contributed by atoms with Gasteiger partial charge in [0.15, 0.2) is 5.82 Å². The van der Waals surface area contributed by atoms with E-state index in [1.54, 1.807) is 6.07 Å². The maximum Gasteiger partial charge on any atom is 0.409 e. The van der Waals surface area contributed by atoms with Gasteiger partial charge in [-0.05, 0) is 34.1 Å². The summed E-state index contributed by atoms with van der Waals surface area (Å²) >= 11 is 3.24. The second-order valence-corrected chi connectivity index (χ2v) is 5.86. The van der Waals surface area contributed by atoms with E-state index in [4.69, 9.17) is 5.11 Å². The van der Waals surface area contributed by atoms with Crippen LogP contribution in [0, 0.1) is 11.6 Å². The van der Waals surface area contributed by atoms with Crippen LogP contribution in [0.15, 0.2) is 35.1 Å². The first-order valence-electron chi connectivity index (χ1n) is 6.67. The lowest BCUT2D eigenvalue weighted by Gasteiger charge is -2.15. The minimum absolute atomic E-state index is 0.212. The van der Waals surface area contributed by atoms with Crippen LogP contribution in [-0.2, 0) is 0 Å². The number of halogens is 3. The summed E-state index contributed by atoms with van der Waals surface area (Å²) in [6.45, 7) is 0. The van der Waals surface area contributed by atoms with E-state index in [2.05, 4.69) is 25.9 Å². The van der Waals surface area contributed by atoms with Crippen LogP contribution in [0.25, 0.3) is 11.0 Å². The molecule has 24 heavy (non-hydrogen) atoms. The molecular formula is C15H10BrF2N3O3. The van der Waals surface area contributed by atoms with Crippen LogP contribution < -0.4 is 5.32 Å². The van der Waals surface area contributed by atoms with Gasteiger partial charge in [-0.2, -0.15) is 0 Å². The molecule has 3 rings (SSSR count). The third kappa shape index (κ3) is 2.83. The van der Waals surface area contributed by atoms with Gasteiger partial charge in [-0.1, -0.05) is 0 Å². The van der Waals surface area contributed by atoms with Crippen molar-refractivity contribution in [2.24, 2.45) is 0 Å². The average Bonchev–Trinajstić information content (AvgIpc) is 2.92. The molecule has 1 atom stereocenters. The third-order valence-electron chi connectivity index (χ3n) is 3.47. The number of aromatic nitrogens is 2. The normalized spacial score (nSPS) is 12.3. The molecule has 0 bridgehead atoms. The summed E-state index contributed by atoms with van der Waals surface area (Å²) in [6, 6.07) is 3.48. The van der Waals surface area contributed by atoms with Gasteiger partial charge in [0.25, 0.3) is 0 Å². The fourth-order valence-electron chi connectivity index (χ4n) is 2.41. The lowest BCUT2D eigenvalue weighted by molar-refractivity contribution is 0.207. The number of hydrogen-bond acceptors (Lipinski definition) is 3. The van der Waals surface area contributed by atoms with Gasteiger partial charge >= 0.3 is 6.09 Å². The van der Waals surface area contributed by atoms with Crippen molar-refractivity contribution in [2.45, 2.75) is 6.10 Å². The molecule has 0 spiro atoms. The summed E-state index contributed by atoms with van der Waals surface area (Å²) in [6.07, 6.45) is -0.218. The number of pyridine rings is 1. The van der Waals surface area contributed by atoms with Crippen molar-refractivity contribution < 1.29 is 23.8 Å². The quantitative estimate of drug-likeness (QED) is 0.540. The molecule has 0 aliphatic rings. The molecule has 3 aromatic rings. The molecule has 0 saturated carbocycles. The van der Waals surface area contributed by atoms with Crippen molar-refractivity contribution >= 4 is 38.7 Å². The number of nitrogens with zero attached hydrogens (tertiary/aromatic N) is 1. The van der Waals surface area contributed by atoms with Crippen LogP contribution in [0.4, 0.5) is 19.3 Å². The van der Waals surface area contributed by atoms with E-state index in [0.717, 1.165) is 12.1 Å². The van der Waals surface area contributed by atoms with Gasteiger partial charge in [0, 0.05) is 27.8 Å². The molecule has 2 aromatic heterocycles. The van der Waals surface area contributed by atoms with Gasteiger partial charge in [0.2, 0.25) is 0 Å². The number of aliphatic hydroxyl groups excluding tert-OH is 1. The Morgan fingerprint density at radius 2 is 2.12 bits per heavy atom. The Morgan fingerprint density at radius 1 is 1.38 bits per heavy atom. The minimum Gasteiger partial charge on any atom is -0.465 e. The van der Waals surface area contributed by atoms with Gasteiger partial charge in [-0.15, -0.1) is 0 Å². The largest absolute Gasteiger partial charge is 0.465 e. The molecule has 9 heteroatoms. The molecule has 6 nitrogen and oxygen atoms in total. The highest BCUT2D eigenvalue weighted by atomic mass is 79.9. The number of hydrogen-bond donors (Lipinski definition) is 4. The van der Waals surface area contributed by atoms with Crippen molar-refractivity contribution in [3.8, 4) is 0 Å². The highest BCUT2D eigenvalue weighted by molar-refractivity contribution is 9.10. The van der Waals surface area contributed by atoms with Crippen LogP contribution in [-0.4, -0.2) is 26.3 Å². The van der Waals surface area contributed by atoms with Crippen molar-refractivity contribution in [1.82, 2.24) is 9.97 Å². The number of carboxylic acid groups (broad SMARTS) is 1. The number of aliphatic hydroxyl groups is 1. The van der Waals surface area contributed by atoms with E-state index in [1.807, 2.05) is 5.32 Å². The van der Waals surface area contributed by atoms with Gasteiger partial charge in [-0.25, -0.2) is 18.6 Å². The monoisotopic (exact) mass is 397 g/mol. The van der Waals surface area contributed by atoms with Crippen molar-refractivity contribution in [3.05, 3.63) is 57.8 Å². The number of amides is 1. The number of H-pyrrole nitrogens is 1. The molecule has 0 radical (unpaired) electrons. The third-order valence-corrected chi connectivity index (χ3v) is 3.90. The van der Waals surface area contributed by atoms with Crippen LogP contribution >= 0.6 is 15.9 Å². The maximum absolute atomic E-state index is 14.5. The molecule has 0 aliphatic heterocycles. The van der Waals surface area contributed by atoms with Gasteiger partial charge in [0.1, 0.15) is 17.6 Å². The number of benzene rings is 1. The Bertz CT molecular complexity index is 945. The van der Waals surface area contributed by atoms with Crippen LogP contribution in [0.1, 0.15) is 17.2 Å². The fourth-order valence-corrected chi connectivity index (χ4v) is 2.74. The maximum atomic E-state index is 14.5. The zero-order valence-corrected chi connectivity index (χ0v) is 13.4. The van der Waals surface area contributed by atoms with Gasteiger partial charge in [0.05, 0.1) is 11.3 Å². The molecule has 2 heterocycles. The summed E-state index contributed by atoms with van der Waals surface area (Å²) in [5, 5.41) is 21.5. The number of fused-ring (bicyclic) bond motifs is 1. The predicted octanol–water partition coefficient (Wildman–Crippen LogP) is 3.78. The number of rotatable bonds is 3. The second-order valence-electron chi connectivity index (χ2n) is 4.95. The van der Waals surface area contributed by atoms with E-state index in [0.29, 0.717) is 15.5 Å². The zero-order valence-electron chi connectivity index (χ0n) is 11.8. The van der Waals surface area contributed by atoms with Crippen molar-refractivity contribution in [1.29, 1.82) is 0 Å². The Balaban J connectivity index is 2.13. The van der Waals surface area contributed by atoms with Gasteiger partial charge in [-0.3, -0.25) is 5.32 Å². The molecule has 124 valence electrons. The summed E-state index contributed by atoms with van der Waals surface area (Å²) in [5.41, 5.74) is -0.448. The van der Waals surface area contributed by atoms with Crippen molar-refractivity contribution in [3.63, 3.8) is 0 Å². The summed E-state index contributed by atoms with van der Waals surface area (Å²) < 4.78 is 29.2. The summed E-state index contributed by atoms with van der Waals surface area (Å²) in [4.78, 5) is 17.6. The van der Waals surface area contributed by atoms with Gasteiger partial charge < -0.3 is 15.2 Å². The molecule has 0 saturated heterocycles. The molecule has 1 unspecified atom stereocenters. The second kappa shape index (κ2) is 6.17. The Kier molecular flexibility index (Phi) is 4.20. The lowest BCUT2D eigenvalue weighted by atomic mass is 10.00. The van der Waals surface area contributed by atoms with Crippen molar-refractivity contribution in [2.75, 3.05) is 5.32 Å². The number of carbonyl (C=O) groups is 1. The van der Waals surface area contributed by atoms with Crippen LogP contribution in [0.3, 0.4) is 0 Å². The van der Waals surface area contributed by atoms with E-state index in [-0.39, 0.29) is 5.56 Å². The highest BCUT2D eigenvalue weighted by Gasteiger charge is 2.25. The first-order valence-corrected chi connectivity index (χ1v) is 7.46. The molecule has 0 aliphatic carbocycles.